The van der Waals surface area contributed by atoms with E-state index in [1.54, 1.807) is 7.11 Å². The molecule has 0 saturated heterocycles. The molecule has 1 amide bonds. The van der Waals surface area contributed by atoms with Gasteiger partial charge in [-0.05, 0) is 18.9 Å². The van der Waals surface area contributed by atoms with Crippen molar-refractivity contribution in [2.24, 2.45) is 11.1 Å². The molecule has 1 aromatic rings. The molecule has 0 aromatic heterocycles. The SMILES string of the molecule is COc1ccccc1CNC(=O)C1(C(N)=S)CC1. The highest BCUT2D eigenvalue weighted by Gasteiger charge is 2.52. The first-order valence-corrected chi connectivity index (χ1v) is 6.21. The maximum Gasteiger partial charge on any atom is 0.233 e. The lowest BCUT2D eigenvalue weighted by molar-refractivity contribution is -0.124. The van der Waals surface area contributed by atoms with Crippen molar-refractivity contribution in [1.29, 1.82) is 0 Å². The maximum absolute atomic E-state index is 12.0. The number of hydrogen-bond acceptors (Lipinski definition) is 3. The van der Waals surface area contributed by atoms with Crippen LogP contribution >= 0.6 is 12.2 Å². The van der Waals surface area contributed by atoms with Gasteiger partial charge in [0, 0.05) is 12.1 Å². The zero-order valence-corrected chi connectivity index (χ0v) is 11.0. The average molecular weight is 264 g/mol. The molecule has 0 unspecified atom stereocenters. The number of ether oxygens (including phenoxy) is 1. The standard InChI is InChI=1S/C13H16N2O2S/c1-17-10-5-3-2-4-9(10)8-15-12(16)13(6-7-13)11(14)18/h2-5H,6-8H2,1H3,(H2,14,18)(H,15,16). The lowest BCUT2D eigenvalue weighted by atomic mass is 10.1. The summed E-state index contributed by atoms with van der Waals surface area (Å²) in [5, 5.41) is 2.87. The van der Waals surface area contributed by atoms with Gasteiger partial charge in [-0.1, -0.05) is 30.4 Å². The first-order chi connectivity index (χ1) is 8.60. The normalized spacial score (nSPS) is 15.8. The summed E-state index contributed by atoms with van der Waals surface area (Å²) in [6.07, 6.45) is 1.50. The van der Waals surface area contributed by atoms with Gasteiger partial charge >= 0.3 is 0 Å². The molecule has 18 heavy (non-hydrogen) atoms. The van der Waals surface area contributed by atoms with Crippen molar-refractivity contribution in [3.8, 4) is 5.75 Å². The van der Waals surface area contributed by atoms with Crippen LogP contribution in [0.1, 0.15) is 18.4 Å². The molecule has 5 heteroatoms. The summed E-state index contributed by atoms with van der Waals surface area (Å²) in [5.41, 5.74) is 5.94. The molecule has 0 spiro atoms. The van der Waals surface area contributed by atoms with Gasteiger partial charge < -0.3 is 15.8 Å². The lowest BCUT2D eigenvalue weighted by Crippen LogP contribution is -2.39. The van der Waals surface area contributed by atoms with E-state index in [1.165, 1.54) is 0 Å². The summed E-state index contributed by atoms with van der Waals surface area (Å²) < 4.78 is 5.22. The Kier molecular flexibility index (Phi) is 3.52. The second kappa shape index (κ2) is 4.94. The van der Waals surface area contributed by atoms with Gasteiger partial charge in [-0.3, -0.25) is 4.79 Å². The van der Waals surface area contributed by atoms with Crippen LogP contribution in [0.3, 0.4) is 0 Å². The van der Waals surface area contributed by atoms with Crippen LogP contribution < -0.4 is 15.8 Å². The zero-order chi connectivity index (χ0) is 13.2. The highest BCUT2D eigenvalue weighted by atomic mass is 32.1. The Morgan fingerprint density at radius 2 is 2.17 bits per heavy atom. The lowest BCUT2D eigenvalue weighted by Gasteiger charge is -2.14. The van der Waals surface area contributed by atoms with Gasteiger partial charge in [0.15, 0.2) is 0 Å². The molecule has 0 radical (unpaired) electrons. The van der Waals surface area contributed by atoms with E-state index in [0.717, 1.165) is 24.2 Å². The molecule has 3 N–H and O–H groups in total. The molecule has 0 heterocycles. The third kappa shape index (κ3) is 2.31. The second-order valence-electron chi connectivity index (χ2n) is 4.44. The number of carbonyl (C=O) groups is 1. The van der Waals surface area contributed by atoms with Gasteiger partial charge in [0.1, 0.15) is 5.75 Å². The van der Waals surface area contributed by atoms with E-state index in [9.17, 15) is 4.79 Å². The fourth-order valence-electron chi connectivity index (χ4n) is 1.90. The third-order valence-corrected chi connectivity index (χ3v) is 3.68. The minimum atomic E-state index is -0.600. The molecule has 0 aliphatic heterocycles. The van der Waals surface area contributed by atoms with Crippen LogP contribution in [0.5, 0.6) is 5.75 Å². The van der Waals surface area contributed by atoms with Gasteiger partial charge in [0.05, 0.1) is 17.5 Å². The molecule has 96 valence electrons. The Balaban J connectivity index is 2.00. The summed E-state index contributed by atoms with van der Waals surface area (Å²) in [7, 11) is 1.61. The quantitative estimate of drug-likeness (QED) is 0.789. The number of hydrogen-bond donors (Lipinski definition) is 2. The fourth-order valence-corrected chi connectivity index (χ4v) is 2.20. The Hall–Kier alpha value is -1.62. The Bertz CT molecular complexity index is 484. The maximum atomic E-state index is 12.0. The van der Waals surface area contributed by atoms with Crippen LogP contribution in [0.4, 0.5) is 0 Å². The Morgan fingerprint density at radius 3 is 2.72 bits per heavy atom. The fraction of sp³-hybridized carbons (Fsp3) is 0.385. The minimum absolute atomic E-state index is 0.0825. The van der Waals surface area contributed by atoms with Crippen molar-refractivity contribution >= 4 is 23.1 Å². The van der Waals surface area contributed by atoms with E-state index in [2.05, 4.69) is 5.32 Å². The highest BCUT2D eigenvalue weighted by Crippen LogP contribution is 2.46. The van der Waals surface area contributed by atoms with Gasteiger partial charge in [-0.15, -0.1) is 0 Å². The topological polar surface area (TPSA) is 64.3 Å². The van der Waals surface area contributed by atoms with E-state index in [0.29, 0.717) is 11.5 Å². The van der Waals surface area contributed by atoms with Crippen LogP contribution in [0, 0.1) is 5.41 Å². The number of para-hydroxylation sites is 1. The number of amides is 1. The number of thiocarbonyl (C=S) groups is 1. The van der Waals surface area contributed by atoms with Gasteiger partial charge in [0.25, 0.3) is 0 Å². The summed E-state index contributed by atoms with van der Waals surface area (Å²) in [5.74, 6) is 0.680. The molecule has 0 bridgehead atoms. The van der Waals surface area contributed by atoms with Crippen LogP contribution in [0.15, 0.2) is 24.3 Å². The molecule has 1 aliphatic rings. The molecular weight excluding hydrogens is 248 g/mol. The average Bonchev–Trinajstić information content (AvgIpc) is 3.17. The van der Waals surface area contributed by atoms with Crippen molar-refractivity contribution in [1.82, 2.24) is 5.32 Å². The number of carbonyl (C=O) groups excluding carboxylic acids is 1. The van der Waals surface area contributed by atoms with Gasteiger partial charge in [-0.2, -0.15) is 0 Å². The van der Waals surface area contributed by atoms with Crippen molar-refractivity contribution in [2.75, 3.05) is 7.11 Å². The van der Waals surface area contributed by atoms with Gasteiger partial charge in [-0.25, -0.2) is 0 Å². The third-order valence-electron chi connectivity index (χ3n) is 3.29. The first-order valence-electron chi connectivity index (χ1n) is 5.80. The van der Waals surface area contributed by atoms with Crippen LogP contribution in [-0.4, -0.2) is 18.0 Å². The van der Waals surface area contributed by atoms with E-state index < -0.39 is 5.41 Å². The van der Waals surface area contributed by atoms with E-state index in [1.807, 2.05) is 24.3 Å². The molecular formula is C13H16N2O2S. The van der Waals surface area contributed by atoms with Crippen LogP contribution in [-0.2, 0) is 11.3 Å². The molecule has 1 saturated carbocycles. The molecule has 2 rings (SSSR count). The summed E-state index contributed by atoms with van der Waals surface area (Å²) in [6, 6.07) is 7.58. The molecule has 0 atom stereocenters. The summed E-state index contributed by atoms with van der Waals surface area (Å²) in [6.45, 7) is 0.424. The van der Waals surface area contributed by atoms with Crippen LogP contribution in [0.25, 0.3) is 0 Å². The number of nitrogens with one attached hydrogen (secondary N) is 1. The number of rotatable bonds is 5. The monoisotopic (exact) mass is 264 g/mol. The van der Waals surface area contributed by atoms with Crippen molar-refractivity contribution in [2.45, 2.75) is 19.4 Å². The summed E-state index contributed by atoms with van der Waals surface area (Å²) in [4.78, 5) is 12.3. The van der Waals surface area contributed by atoms with Crippen molar-refractivity contribution in [3.05, 3.63) is 29.8 Å². The molecule has 1 fully saturated rings. The number of methoxy groups -OCH3 is 1. The minimum Gasteiger partial charge on any atom is -0.496 e. The van der Waals surface area contributed by atoms with E-state index >= 15 is 0 Å². The first kappa shape index (κ1) is 12.8. The second-order valence-corrected chi connectivity index (χ2v) is 4.88. The molecule has 1 aromatic carbocycles. The van der Waals surface area contributed by atoms with E-state index in [-0.39, 0.29) is 5.91 Å². The zero-order valence-electron chi connectivity index (χ0n) is 10.2. The molecule has 4 nitrogen and oxygen atoms in total. The van der Waals surface area contributed by atoms with E-state index in [4.69, 9.17) is 22.7 Å². The smallest absolute Gasteiger partial charge is 0.233 e. The molecule has 1 aliphatic carbocycles. The number of nitrogens with two attached hydrogens (primary N) is 1. The van der Waals surface area contributed by atoms with Crippen molar-refractivity contribution < 1.29 is 9.53 Å². The Labute approximate surface area is 112 Å². The largest absolute Gasteiger partial charge is 0.496 e. The van der Waals surface area contributed by atoms with Crippen molar-refractivity contribution in [3.63, 3.8) is 0 Å². The number of benzene rings is 1. The van der Waals surface area contributed by atoms with Gasteiger partial charge in [0.2, 0.25) is 5.91 Å². The highest BCUT2D eigenvalue weighted by molar-refractivity contribution is 7.80. The Morgan fingerprint density at radius 1 is 1.50 bits per heavy atom. The van der Waals surface area contributed by atoms with Crippen LogP contribution in [0.2, 0.25) is 0 Å². The predicted molar refractivity (Wildman–Crippen MR) is 73.3 cm³/mol. The predicted octanol–water partition coefficient (Wildman–Crippen LogP) is 1.38. The summed E-state index contributed by atoms with van der Waals surface area (Å²) >= 11 is 4.94.